The van der Waals surface area contributed by atoms with Gasteiger partial charge in [-0.05, 0) is 42.6 Å². The largest absolute Gasteiger partial charge is 0.333 e. The Labute approximate surface area is 189 Å². The minimum Gasteiger partial charge on any atom is -0.333 e. The molecule has 0 saturated carbocycles. The van der Waals surface area contributed by atoms with Crippen LogP contribution in [0, 0.1) is 5.82 Å². The maximum Gasteiger partial charge on any atom is 0.242 e. The summed E-state index contributed by atoms with van der Waals surface area (Å²) in [6.45, 7) is 0. The number of nitrogens with one attached hydrogen (secondary N) is 2. The summed E-state index contributed by atoms with van der Waals surface area (Å²) in [5.74, 6) is 2.87. The molecule has 0 spiro atoms. The second kappa shape index (κ2) is 8.36. The second-order valence-electron chi connectivity index (χ2n) is 7.32. The molecule has 3 heterocycles. The Hall–Kier alpha value is -2.24. The average molecular weight is 482 g/mol. The molecule has 4 rings (SSSR count). The lowest BCUT2D eigenvalue weighted by Crippen LogP contribution is -2.55. The summed E-state index contributed by atoms with van der Waals surface area (Å²) >= 11 is 7.36. The molecule has 0 bridgehead atoms. The van der Waals surface area contributed by atoms with Crippen LogP contribution in [0.2, 0.25) is 5.02 Å². The maximum atomic E-state index is 13.4. The molecule has 1 aliphatic heterocycles. The number of aromatic nitrogens is 2. The smallest absolute Gasteiger partial charge is 0.242 e. The minimum atomic E-state index is -2.89. The molecule has 11 heteroatoms. The first-order valence-electron chi connectivity index (χ1n) is 9.35. The fraction of sp³-hybridized carbons (Fsp3) is 0.250. The molecule has 0 aliphatic carbocycles. The van der Waals surface area contributed by atoms with Gasteiger partial charge in [0.15, 0.2) is 0 Å². The van der Waals surface area contributed by atoms with Gasteiger partial charge in [0.25, 0.3) is 0 Å². The SMILES string of the molecule is C=S1(=O)NC(c2ccc(-c3cncn3C)s2)CC(C(=O)Nc2ccc(F)c(Cl)c2)N1C. The fourth-order valence-corrected chi connectivity index (χ4v) is 6.26. The summed E-state index contributed by atoms with van der Waals surface area (Å²) in [7, 11) is 0.623. The van der Waals surface area contributed by atoms with Crippen molar-refractivity contribution in [2.45, 2.75) is 18.5 Å². The van der Waals surface area contributed by atoms with Gasteiger partial charge in [0.05, 0.1) is 44.1 Å². The summed E-state index contributed by atoms with van der Waals surface area (Å²) < 4.78 is 33.0. The number of imidazole rings is 1. The highest BCUT2D eigenvalue weighted by molar-refractivity contribution is 7.96. The Balaban J connectivity index is 1.58. The van der Waals surface area contributed by atoms with Crippen molar-refractivity contribution in [3.8, 4) is 10.6 Å². The van der Waals surface area contributed by atoms with Gasteiger partial charge in [-0.25, -0.2) is 22.6 Å². The topological polar surface area (TPSA) is 79.3 Å². The zero-order valence-corrected chi connectivity index (χ0v) is 19.2. The van der Waals surface area contributed by atoms with Gasteiger partial charge >= 0.3 is 0 Å². The number of halogens is 2. The summed E-state index contributed by atoms with van der Waals surface area (Å²) in [5, 5.41) is 2.65. The number of thiophene rings is 1. The number of carbonyl (C=O) groups is 1. The Morgan fingerprint density at radius 3 is 2.84 bits per heavy atom. The number of rotatable bonds is 4. The molecule has 3 atom stereocenters. The Morgan fingerprint density at radius 2 is 2.16 bits per heavy atom. The summed E-state index contributed by atoms with van der Waals surface area (Å²) in [4.78, 5) is 19.1. The first-order chi connectivity index (χ1) is 14.7. The van der Waals surface area contributed by atoms with Crippen LogP contribution in [0.4, 0.5) is 10.1 Å². The number of hydrogen-bond acceptors (Lipinski definition) is 4. The molecule has 2 N–H and O–H groups in total. The predicted molar refractivity (Wildman–Crippen MR) is 124 cm³/mol. The first kappa shape index (κ1) is 22.0. The van der Waals surface area contributed by atoms with E-state index in [9.17, 15) is 13.4 Å². The molecule has 1 fully saturated rings. The van der Waals surface area contributed by atoms with Crippen LogP contribution >= 0.6 is 22.9 Å². The zero-order valence-electron chi connectivity index (χ0n) is 16.8. The number of likely N-dealkylation sites (N-methyl/N-ethyl adjacent to an activating group) is 1. The van der Waals surface area contributed by atoms with Crippen LogP contribution in [0.3, 0.4) is 0 Å². The minimum absolute atomic E-state index is 0.0865. The molecule has 3 aromatic rings. The molecule has 2 aromatic heterocycles. The van der Waals surface area contributed by atoms with Crippen LogP contribution in [0.15, 0.2) is 42.9 Å². The third kappa shape index (κ3) is 4.39. The van der Waals surface area contributed by atoms with Crippen LogP contribution in [-0.2, 0) is 21.7 Å². The maximum absolute atomic E-state index is 13.4. The molecular formula is C20H21ClFN5O2S2. The van der Waals surface area contributed by atoms with E-state index in [-0.39, 0.29) is 17.0 Å². The molecule has 164 valence electrons. The number of anilines is 1. The van der Waals surface area contributed by atoms with E-state index in [2.05, 4.69) is 20.9 Å². The van der Waals surface area contributed by atoms with Crippen LogP contribution < -0.4 is 10.0 Å². The second-order valence-corrected chi connectivity index (χ2v) is 10.9. The first-order valence-corrected chi connectivity index (χ1v) is 12.2. The number of benzene rings is 1. The third-order valence-corrected chi connectivity index (χ3v) is 8.57. The van der Waals surface area contributed by atoms with Crippen molar-refractivity contribution in [3.63, 3.8) is 0 Å². The van der Waals surface area contributed by atoms with Crippen LogP contribution in [0.25, 0.3) is 10.6 Å². The number of aryl methyl sites for hydroxylation is 1. The van der Waals surface area contributed by atoms with Crippen molar-refractivity contribution < 1.29 is 13.4 Å². The van der Waals surface area contributed by atoms with E-state index < -0.39 is 21.8 Å². The fourth-order valence-electron chi connectivity index (χ4n) is 3.45. The Bertz CT molecular complexity index is 1240. The predicted octanol–water partition coefficient (Wildman–Crippen LogP) is 3.46. The number of carbonyl (C=O) groups excluding carboxylic acids is 1. The van der Waals surface area contributed by atoms with Crippen molar-refractivity contribution in [3.05, 3.63) is 58.6 Å². The van der Waals surface area contributed by atoms with Crippen molar-refractivity contribution in [1.82, 2.24) is 18.6 Å². The molecule has 31 heavy (non-hydrogen) atoms. The monoisotopic (exact) mass is 481 g/mol. The summed E-state index contributed by atoms with van der Waals surface area (Å²) in [6.07, 6.45) is 3.90. The summed E-state index contributed by atoms with van der Waals surface area (Å²) in [6, 6.07) is 6.87. The highest BCUT2D eigenvalue weighted by Gasteiger charge is 2.38. The van der Waals surface area contributed by atoms with E-state index in [1.165, 1.54) is 22.5 Å². The third-order valence-electron chi connectivity index (χ3n) is 5.22. The van der Waals surface area contributed by atoms with Crippen molar-refractivity contribution in [1.29, 1.82) is 0 Å². The van der Waals surface area contributed by atoms with Gasteiger partial charge in [0.1, 0.15) is 11.9 Å². The van der Waals surface area contributed by atoms with Gasteiger partial charge in [-0.1, -0.05) is 11.6 Å². The van der Waals surface area contributed by atoms with E-state index >= 15 is 0 Å². The molecule has 1 amide bonds. The van der Waals surface area contributed by atoms with Gasteiger partial charge in [0, 0.05) is 24.7 Å². The van der Waals surface area contributed by atoms with Crippen molar-refractivity contribution >= 4 is 50.3 Å². The Kier molecular flexibility index (Phi) is 5.93. The molecule has 7 nitrogen and oxygen atoms in total. The quantitative estimate of drug-likeness (QED) is 0.560. The van der Waals surface area contributed by atoms with E-state index in [0.29, 0.717) is 12.1 Å². The average Bonchev–Trinajstić information content (AvgIpc) is 3.35. The lowest BCUT2D eigenvalue weighted by molar-refractivity contribution is -0.120. The molecule has 0 radical (unpaired) electrons. The summed E-state index contributed by atoms with van der Waals surface area (Å²) in [5.41, 5.74) is 1.34. The van der Waals surface area contributed by atoms with Crippen molar-refractivity contribution in [2.24, 2.45) is 7.05 Å². The van der Waals surface area contributed by atoms with Gasteiger partial charge in [-0.2, -0.15) is 0 Å². The van der Waals surface area contributed by atoms with Crippen LogP contribution in [0.5, 0.6) is 0 Å². The van der Waals surface area contributed by atoms with Gasteiger partial charge in [0.2, 0.25) is 5.91 Å². The standard InChI is InChI=1S/C20H21ClFN5O2S2/c1-26-11-23-10-17(26)19-7-6-18(30-19)15-9-16(27(2)31(3,29)25-15)20(28)24-12-4-5-14(22)13(21)8-12/h4-8,10-11,15-16H,3,9H2,1-2H3,(H,24,28)(H,25,29). The highest BCUT2D eigenvalue weighted by Crippen LogP contribution is 2.36. The van der Waals surface area contributed by atoms with E-state index in [4.69, 9.17) is 11.6 Å². The lowest BCUT2D eigenvalue weighted by atomic mass is 10.1. The number of nitrogens with zero attached hydrogens (tertiary/aromatic N) is 3. The Morgan fingerprint density at radius 1 is 1.39 bits per heavy atom. The number of amides is 1. The molecule has 1 aliphatic rings. The molecule has 1 saturated heterocycles. The molecule has 3 unspecified atom stereocenters. The highest BCUT2D eigenvalue weighted by atomic mass is 35.5. The van der Waals surface area contributed by atoms with Gasteiger partial charge < -0.3 is 9.88 Å². The molecular weight excluding hydrogens is 461 g/mol. The lowest BCUT2D eigenvalue weighted by Gasteiger charge is -2.39. The van der Waals surface area contributed by atoms with Gasteiger partial charge in [-0.15, -0.1) is 11.3 Å². The van der Waals surface area contributed by atoms with Crippen LogP contribution in [0.1, 0.15) is 17.3 Å². The van der Waals surface area contributed by atoms with Crippen LogP contribution in [-0.4, -0.2) is 42.9 Å². The normalized spacial score (nSPS) is 24.3. The number of hydrogen-bond donors (Lipinski definition) is 2. The van der Waals surface area contributed by atoms with Gasteiger partial charge in [-0.3, -0.25) is 4.79 Å². The molecule has 1 aromatic carbocycles. The van der Waals surface area contributed by atoms with Crippen molar-refractivity contribution in [2.75, 3.05) is 12.4 Å². The zero-order chi connectivity index (χ0) is 22.3. The van der Waals surface area contributed by atoms with E-state index in [1.54, 1.807) is 30.9 Å². The van der Waals surface area contributed by atoms with E-state index in [1.807, 2.05) is 23.7 Å². The van der Waals surface area contributed by atoms with E-state index in [0.717, 1.165) is 15.4 Å².